The van der Waals surface area contributed by atoms with E-state index in [1.165, 1.54) is 7.11 Å². The predicted octanol–water partition coefficient (Wildman–Crippen LogP) is 1.62. The van der Waals surface area contributed by atoms with Gasteiger partial charge in [0, 0.05) is 26.1 Å². The minimum Gasteiger partial charge on any atom is -0.469 e. The molecule has 0 aliphatic carbocycles. The Balaban J connectivity index is 1.82. The summed E-state index contributed by atoms with van der Waals surface area (Å²) in [4.78, 5) is 26.1. The number of rotatable bonds is 5. The van der Waals surface area contributed by atoms with Crippen LogP contribution in [0.25, 0.3) is 0 Å². The molecule has 3 atom stereocenters. The number of likely N-dealkylation sites (tertiary alicyclic amines) is 1. The van der Waals surface area contributed by atoms with Crippen LogP contribution in [-0.4, -0.2) is 62.6 Å². The number of methoxy groups -OCH3 is 1. The summed E-state index contributed by atoms with van der Waals surface area (Å²) in [6.45, 7) is 10.5. The third kappa shape index (κ3) is 4.00. The first kappa shape index (κ1) is 19.0. The van der Waals surface area contributed by atoms with Gasteiger partial charge in [-0.05, 0) is 25.7 Å². The first-order valence-electron chi connectivity index (χ1n) is 8.59. The standard InChI is InChI=1S/C17H30N2O5/c1-12(8-17(4)23-6-7-24-17)9-18-15(21)19-10-13(2)16(3,11-19)14(20)22-5/h12-13H,6-11H2,1-5H3,(H,18,21)/t12-,13+,16+/m0/s1. The fraction of sp³-hybridized carbons (Fsp3) is 0.882. The molecule has 2 heterocycles. The van der Waals surface area contributed by atoms with Gasteiger partial charge in [-0.25, -0.2) is 4.79 Å². The quantitative estimate of drug-likeness (QED) is 0.768. The molecule has 2 rings (SSSR count). The summed E-state index contributed by atoms with van der Waals surface area (Å²) in [7, 11) is 1.39. The van der Waals surface area contributed by atoms with E-state index in [2.05, 4.69) is 12.2 Å². The summed E-state index contributed by atoms with van der Waals surface area (Å²) >= 11 is 0. The lowest BCUT2D eigenvalue weighted by atomic mass is 9.81. The molecule has 0 aromatic heterocycles. The van der Waals surface area contributed by atoms with Crippen LogP contribution >= 0.6 is 0 Å². The van der Waals surface area contributed by atoms with Crippen molar-refractivity contribution in [3.05, 3.63) is 0 Å². The van der Waals surface area contributed by atoms with Gasteiger partial charge in [-0.15, -0.1) is 0 Å². The highest BCUT2D eigenvalue weighted by Crippen LogP contribution is 2.36. The molecule has 1 N–H and O–H groups in total. The highest BCUT2D eigenvalue weighted by Gasteiger charge is 2.48. The van der Waals surface area contributed by atoms with Crippen molar-refractivity contribution in [3.63, 3.8) is 0 Å². The van der Waals surface area contributed by atoms with Gasteiger partial charge in [-0.3, -0.25) is 4.79 Å². The van der Waals surface area contributed by atoms with Gasteiger partial charge in [0.1, 0.15) is 0 Å². The minimum atomic E-state index is -0.642. The second kappa shape index (κ2) is 7.27. The molecule has 0 aromatic carbocycles. The van der Waals surface area contributed by atoms with E-state index >= 15 is 0 Å². The SMILES string of the molecule is COC(=O)[C@]1(C)CN(C(=O)NC[C@@H](C)CC2(C)OCCO2)C[C@H]1C. The first-order chi connectivity index (χ1) is 11.2. The molecule has 0 saturated carbocycles. The largest absolute Gasteiger partial charge is 0.469 e. The van der Waals surface area contributed by atoms with Crippen LogP contribution in [0.2, 0.25) is 0 Å². The van der Waals surface area contributed by atoms with Crippen LogP contribution in [0.5, 0.6) is 0 Å². The number of nitrogens with one attached hydrogen (secondary N) is 1. The third-order valence-electron chi connectivity index (χ3n) is 5.26. The van der Waals surface area contributed by atoms with E-state index < -0.39 is 11.2 Å². The molecule has 7 nitrogen and oxygen atoms in total. The van der Waals surface area contributed by atoms with Crippen molar-refractivity contribution in [2.24, 2.45) is 17.3 Å². The maximum absolute atomic E-state index is 12.4. The Hall–Kier alpha value is -1.34. The number of carbonyl (C=O) groups is 2. The fourth-order valence-electron chi connectivity index (χ4n) is 3.56. The Morgan fingerprint density at radius 3 is 2.54 bits per heavy atom. The van der Waals surface area contributed by atoms with Gasteiger partial charge in [0.05, 0.1) is 25.7 Å². The molecule has 0 spiro atoms. The number of ether oxygens (including phenoxy) is 3. The van der Waals surface area contributed by atoms with Gasteiger partial charge in [0.15, 0.2) is 5.79 Å². The number of amides is 2. The number of carbonyl (C=O) groups excluding carboxylic acids is 2. The van der Waals surface area contributed by atoms with Crippen LogP contribution in [0.15, 0.2) is 0 Å². The van der Waals surface area contributed by atoms with Gasteiger partial charge in [0.2, 0.25) is 0 Å². The average molecular weight is 342 g/mol. The molecule has 2 saturated heterocycles. The zero-order valence-electron chi connectivity index (χ0n) is 15.4. The lowest BCUT2D eigenvalue weighted by Crippen LogP contribution is -2.43. The Bertz CT molecular complexity index is 478. The maximum atomic E-state index is 12.4. The summed E-state index contributed by atoms with van der Waals surface area (Å²) < 4.78 is 16.1. The van der Waals surface area contributed by atoms with E-state index in [4.69, 9.17) is 14.2 Å². The zero-order valence-corrected chi connectivity index (χ0v) is 15.4. The summed E-state index contributed by atoms with van der Waals surface area (Å²) in [6, 6.07) is -0.139. The number of nitrogens with zero attached hydrogens (tertiary/aromatic N) is 1. The van der Waals surface area contributed by atoms with Gasteiger partial charge in [-0.1, -0.05) is 13.8 Å². The second-order valence-electron chi connectivity index (χ2n) is 7.52. The Kier molecular flexibility index (Phi) is 5.75. The predicted molar refractivity (Wildman–Crippen MR) is 88.3 cm³/mol. The van der Waals surface area contributed by atoms with Crippen LogP contribution in [-0.2, 0) is 19.0 Å². The van der Waals surface area contributed by atoms with E-state index in [0.717, 1.165) is 6.42 Å². The molecule has 0 unspecified atom stereocenters. The van der Waals surface area contributed by atoms with E-state index in [9.17, 15) is 9.59 Å². The van der Waals surface area contributed by atoms with Crippen LogP contribution < -0.4 is 5.32 Å². The molecule has 0 radical (unpaired) electrons. The summed E-state index contributed by atoms with van der Waals surface area (Å²) in [5, 5.41) is 2.95. The van der Waals surface area contributed by atoms with E-state index in [-0.39, 0.29) is 23.8 Å². The lowest BCUT2D eigenvalue weighted by molar-refractivity contribution is -0.154. The zero-order chi connectivity index (χ0) is 18.0. The maximum Gasteiger partial charge on any atom is 0.317 e. The molecule has 2 aliphatic heterocycles. The minimum absolute atomic E-state index is 0.0623. The molecule has 0 bridgehead atoms. The first-order valence-corrected chi connectivity index (χ1v) is 8.59. The van der Waals surface area contributed by atoms with Gasteiger partial charge in [0.25, 0.3) is 0 Å². The highest BCUT2D eigenvalue weighted by atomic mass is 16.7. The fourth-order valence-corrected chi connectivity index (χ4v) is 3.56. The third-order valence-corrected chi connectivity index (χ3v) is 5.26. The number of esters is 1. The van der Waals surface area contributed by atoms with Crippen molar-refractivity contribution in [3.8, 4) is 0 Å². The van der Waals surface area contributed by atoms with Crippen LogP contribution in [0.1, 0.15) is 34.1 Å². The molecular weight excluding hydrogens is 312 g/mol. The summed E-state index contributed by atoms with van der Waals surface area (Å²) in [5.74, 6) is -0.519. The van der Waals surface area contributed by atoms with Crippen LogP contribution in [0.3, 0.4) is 0 Å². The molecule has 2 fully saturated rings. The van der Waals surface area contributed by atoms with Gasteiger partial charge < -0.3 is 24.4 Å². The highest BCUT2D eigenvalue weighted by molar-refractivity contribution is 5.81. The summed E-state index contributed by atoms with van der Waals surface area (Å²) in [6.07, 6.45) is 0.726. The Morgan fingerprint density at radius 2 is 1.96 bits per heavy atom. The van der Waals surface area contributed by atoms with E-state index in [0.29, 0.717) is 32.8 Å². The molecule has 138 valence electrons. The van der Waals surface area contributed by atoms with Crippen molar-refractivity contribution < 1.29 is 23.8 Å². The van der Waals surface area contributed by atoms with E-state index in [1.807, 2.05) is 20.8 Å². The smallest absolute Gasteiger partial charge is 0.317 e. The number of hydrogen-bond acceptors (Lipinski definition) is 5. The molecule has 24 heavy (non-hydrogen) atoms. The Morgan fingerprint density at radius 1 is 1.33 bits per heavy atom. The average Bonchev–Trinajstić information content (AvgIpc) is 3.09. The molecule has 0 aromatic rings. The van der Waals surface area contributed by atoms with Crippen molar-refractivity contribution >= 4 is 12.0 Å². The normalized spacial score (nSPS) is 30.2. The van der Waals surface area contributed by atoms with E-state index in [1.54, 1.807) is 4.90 Å². The Labute approximate surface area is 144 Å². The second-order valence-corrected chi connectivity index (χ2v) is 7.52. The lowest BCUT2D eigenvalue weighted by Gasteiger charge is -2.27. The van der Waals surface area contributed by atoms with Crippen molar-refractivity contribution in [1.29, 1.82) is 0 Å². The van der Waals surface area contributed by atoms with Crippen molar-refractivity contribution in [2.45, 2.75) is 39.9 Å². The molecule has 2 aliphatic rings. The number of hydrogen-bond donors (Lipinski definition) is 1. The molecule has 2 amide bonds. The summed E-state index contributed by atoms with van der Waals surface area (Å²) in [5.41, 5.74) is -0.642. The molecule has 7 heteroatoms. The van der Waals surface area contributed by atoms with Crippen molar-refractivity contribution in [2.75, 3.05) is 40.0 Å². The topological polar surface area (TPSA) is 77.1 Å². The van der Waals surface area contributed by atoms with Crippen LogP contribution in [0.4, 0.5) is 4.79 Å². The van der Waals surface area contributed by atoms with Crippen molar-refractivity contribution in [1.82, 2.24) is 10.2 Å². The van der Waals surface area contributed by atoms with Gasteiger partial charge >= 0.3 is 12.0 Å². The number of urea groups is 1. The molecular formula is C17H30N2O5. The van der Waals surface area contributed by atoms with Crippen LogP contribution in [0, 0.1) is 17.3 Å². The van der Waals surface area contributed by atoms with Gasteiger partial charge in [-0.2, -0.15) is 0 Å². The monoisotopic (exact) mass is 342 g/mol.